The Bertz CT molecular complexity index is 627. The molecular weight excluding hydrogens is 288 g/mol. The molecule has 0 bridgehead atoms. The quantitative estimate of drug-likeness (QED) is 0.796. The van der Waals surface area contributed by atoms with Crippen molar-refractivity contribution in [1.29, 1.82) is 0 Å². The van der Waals surface area contributed by atoms with Crippen LogP contribution in [0.2, 0.25) is 0 Å². The van der Waals surface area contributed by atoms with Crippen LogP contribution in [0.3, 0.4) is 0 Å². The molecule has 0 saturated carbocycles. The molecule has 6 nitrogen and oxygen atoms in total. The highest BCUT2D eigenvalue weighted by Gasteiger charge is 2.14. The van der Waals surface area contributed by atoms with Gasteiger partial charge in [-0.15, -0.1) is 11.3 Å². The van der Waals surface area contributed by atoms with E-state index in [-0.39, 0.29) is 0 Å². The Kier molecular flexibility index (Phi) is 5.10. The number of thiazole rings is 1. The van der Waals surface area contributed by atoms with Crippen molar-refractivity contribution >= 4 is 28.8 Å². The molecule has 0 amide bonds. The predicted octanol–water partition coefficient (Wildman–Crippen LogP) is 2.26. The van der Waals surface area contributed by atoms with Crippen LogP contribution in [0.1, 0.15) is 28.0 Å². The van der Waals surface area contributed by atoms with Crippen LogP contribution >= 0.6 is 11.3 Å². The van der Waals surface area contributed by atoms with E-state index in [1.807, 2.05) is 12.3 Å². The first-order valence-corrected chi connectivity index (χ1v) is 7.56. The van der Waals surface area contributed by atoms with Gasteiger partial charge in [0.15, 0.2) is 0 Å². The summed E-state index contributed by atoms with van der Waals surface area (Å²) in [6.45, 7) is 4.69. The molecule has 21 heavy (non-hydrogen) atoms. The number of rotatable bonds is 6. The second-order valence-corrected chi connectivity index (χ2v) is 5.44. The summed E-state index contributed by atoms with van der Waals surface area (Å²) in [7, 11) is 0. The van der Waals surface area contributed by atoms with Crippen LogP contribution in [0.25, 0.3) is 0 Å². The van der Waals surface area contributed by atoms with E-state index in [1.54, 1.807) is 24.3 Å². The summed E-state index contributed by atoms with van der Waals surface area (Å²) in [6.07, 6.45) is 2.31. The summed E-state index contributed by atoms with van der Waals surface area (Å²) in [5.74, 6) is 0.0584. The SMILES string of the molecule is CCOC(=O)c1ccnc(NCCc2csc(C)n2)c1N. The lowest BCUT2D eigenvalue weighted by Gasteiger charge is -2.10. The normalized spacial score (nSPS) is 10.4. The van der Waals surface area contributed by atoms with Crippen molar-refractivity contribution in [3.05, 3.63) is 33.9 Å². The van der Waals surface area contributed by atoms with Crippen LogP contribution in [0.4, 0.5) is 11.5 Å². The Morgan fingerprint density at radius 2 is 2.33 bits per heavy atom. The predicted molar refractivity (Wildman–Crippen MR) is 83.7 cm³/mol. The van der Waals surface area contributed by atoms with Crippen molar-refractivity contribution in [2.75, 3.05) is 24.2 Å². The van der Waals surface area contributed by atoms with Crippen molar-refractivity contribution in [2.24, 2.45) is 0 Å². The van der Waals surface area contributed by atoms with E-state index in [0.29, 0.717) is 30.2 Å². The lowest BCUT2D eigenvalue weighted by atomic mass is 10.2. The molecule has 7 heteroatoms. The number of aryl methyl sites for hydroxylation is 1. The summed E-state index contributed by atoms with van der Waals surface area (Å²) >= 11 is 1.63. The minimum absolute atomic E-state index is 0.311. The fourth-order valence-electron chi connectivity index (χ4n) is 1.83. The van der Waals surface area contributed by atoms with Crippen molar-refractivity contribution in [2.45, 2.75) is 20.3 Å². The Morgan fingerprint density at radius 3 is 3.00 bits per heavy atom. The first-order chi connectivity index (χ1) is 10.1. The highest BCUT2D eigenvalue weighted by Crippen LogP contribution is 2.20. The van der Waals surface area contributed by atoms with E-state index in [2.05, 4.69) is 15.3 Å². The number of hydrogen-bond acceptors (Lipinski definition) is 7. The maximum Gasteiger partial charge on any atom is 0.340 e. The molecule has 0 aromatic carbocycles. The number of esters is 1. The van der Waals surface area contributed by atoms with Crippen molar-refractivity contribution in [3.8, 4) is 0 Å². The van der Waals surface area contributed by atoms with Crippen LogP contribution in [0.5, 0.6) is 0 Å². The fourth-order valence-corrected chi connectivity index (χ4v) is 2.48. The average molecular weight is 306 g/mol. The highest BCUT2D eigenvalue weighted by molar-refractivity contribution is 7.09. The molecule has 0 saturated heterocycles. The Labute approximate surface area is 127 Å². The van der Waals surface area contributed by atoms with Gasteiger partial charge in [-0.2, -0.15) is 0 Å². The van der Waals surface area contributed by atoms with Gasteiger partial charge in [0.25, 0.3) is 0 Å². The fraction of sp³-hybridized carbons (Fsp3) is 0.357. The molecule has 0 aliphatic carbocycles. The van der Waals surface area contributed by atoms with Crippen LogP contribution in [-0.2, 0) is 11.2 Å². The van der Waals surface area contributed by atoms with Crippen LogP contribution < -0.4 is 11.1 Å². The second kappa shape index (κ2) is 7.03. The maximum atomic E-state index is 11.7. The molecule has 2 aromatic heterocycles. The van der Waals surface area contributed by atoms with Gasteiger partial charge < -0.3 is 15.8 Å². The van der Waals surface area contributed by atoms with Gasteiger partial charge in [0, 0.05) is 24.5 Å². The summed E-state index contributed by atoms with van der Waals surface area (Å²) in [5.41, 5.74) is 7.63. The minimum atomic E-state index is -0.435. The average Bonchev–Trinajstić information content (AvgIpc) is 2.86. The molecule has 0 atom stereocenters. The van der Waals surface area contributed by atoms with E-state index in [0.717, 1.165) is 17.1 Å². The number of aromatic nitrogens is 2. The highest BCUT2D eigenvalue weighted by atomic mass is 32.1. The first kappa shape index (κ1) is 15.2. The Balaban J connectivity index is 2.00. The molecule has 2 aromatic rings. The van der Waals surface area contributed by atoms with E-state index < -0.39 is 5.97 Å². The van der Waals surface area contributed by atoms with E-state index in [9.17, 15) is 4.79 Å². The number of carbonyl (C=O) groups excluding carboxylic acids is 1. The zero-order chi connectivity index (χ0) is 15.2. The zero-order valence-corrected chi connectivity index (χ0v) is 12.9. The van der Waals surface area contributed by atoms with Gasteiger partial charge in [-0.05, 0) is 19.9 Å². The third-order valence-corrected chi connectivity index (χ3v) is 3.65. The largest absolute Gasteiger partial charge is 0.462 e. The number of nitrogens with zero attached hydrogens (tertiary/aromatic N) is 2. The van der Waals surface area contributed by atoms with Gasteiger partial charge in [-0.25, -0.2) is 14.8 Å². The smallest absolute Gasteiger partial charge is 0.340 e. The van der Waals surface area contributed by atoms with Gasteiger partial charge in [0.1, 0.15) is 5.82 Å². The Morgan fingerprint density at radius 1 is 1.52 bits per heavy atom. The van der Waals surface area contributed by atoms with Gasteiger partial charge in [-0.1, -0.05) is 0 Å². The van der Waals surface area contributed by atoms with Gasteiger partial charge in [-0.3, -0.25) is 0 Å². The number of carbonyl (C=O) groups is 1. The number of nitrogens with one attached hydrogen (secondary N) is 1. The zero-order valence-electron chi connectivity index (χ0n) is 12.0. The molecule has 2 rings (SSSR count). The number of nitrogen functional groups attached to an aromatic ring is 1. The lowest BCUT2D eigenvalue weighted by Crippen LogP contribution is -2.13. The van der Waals surface area contributed by atoms with Gasteiger partial charge in [0.2, 0.25) is 0 Å². The first-order valence-electron chi connectivity index (χ1n) is 6.68. The molecular formula is C14H18N4O2S. The van der Waals surface area contributed by atoms with Crippen LogP contribution in [0.15, 0.2) is 17.6 Å². The van der Waals surface area contributed by atoms with Crippen molar-refractivity contribution in [1.82, 2.24) is 9.97 Å². The summed E-state index contributed by atoms with van der Waals surface area (Å²) in [4.78, 5) is 20.3. The second-order valence-electron chi connectivity index (χ2n) is 4.38. The van der Waals surface area contributed by atoms with E-state index >= 15 is 0 Å². The van der Waals surface area contributed by atoms with E-state index in [1.165, 1.54) is 6.20 Å². The lowest BCUT2D eigenvalue weighted by molar-refractivity contribution is 0.0527. The van der Waals surface area contributed by atoms with Crippen molar-refractivity contribution < 1.29 is 9.53 Å². The van der Waals surface area contributed by atoms with Gasteiger partial charge >= 0.3 is 5.97 Å². The molecule has 0 spiro atoms. The van der Waals surface area contributed by atoms with Crippen molar-refractivity contribution in [3.63, 3.8) is 0 Å². The minimum Gasteiger partial charge on any atom is -0.462 e. The van der Waals surface area contributed by atoms with Crippen LogP contribution in [0, 0.1) is 6.92 Å². The molecule has 0 fully saturated rings. The van der Waals surface area contributed by atoms with E-state index in [4.69, 9.17) is 10.5 Å². The number of hydrogen-bond donors (Lipinski definition) is 2. The third-order valence-electron chi connectivity index (χ3n) is 2.83. The molecule has 112 valence electrons. The third kappa shape index (κ3) is 3.91. The standard InChI is InChI=1S/C14H18N4O2S/c1-3-20-14(19)11-5-7-17-13(12(11)15)16-6-4-10-8-21-9(2)18-10/h5,7-8H,3-4,6,15H2,1-2H3,(H,16,17). The van der Waals surface area contributed by atoms with Crippen LogP contribution in [-0.4, -0.2) is 29.1 Å². The molecule has 0 aliphatic rings. The monoisotopic (exact) mass is 306 g/mol. The summed E-state index contributed by atoms with van der Waals surface area (Å²) in [6, 6.07) is 1.56. The number of anilines is 2. The molecule has 0 radical (unpaired) electrons. The number of pyridine rings is 1. The summed E-state index contributed by atoms with van der Waals surface area (Å²) < 4.78 is 4.96. The number of ether oxygens (including phenoxy) is 1. The number of nitrogens with two attached hydrogens (primary N) is 1. The van der Waals surface area contributed by atoms with Gasteiger partial charge in [0.05, 0.1) is 28.6 Å². The molecule has 0 unspecified atom stereocenters. The molecule has 3 N–H and O–H groups in total. The topological polar surface area (TPSA) is 90.1 Å². The Hall–Kier alpha value is -2.15. The summed E-state index contributed by atoms with van der Waals surface area (Å²) in [5, 5.41) is 6.21. The molecule has 0 aliphatic heterocycles. The maximum absolute atomic E-state index is 11.7. The molecule has 2 heterocycles.